The molecular weight excluding hydrogens is 262 g/mol. The largest absolute Gasteiger partial charge is 0.375 e. The fraction of sp³-hybridized carbons (Fsp3) is 0.643. The fourth-order valence-corrected chi connectivity index (χ4v) is 3.42. The molecule has 1 aliphatic carbocycles. The second kappa shape index (κ2) is 5.37. The molecule has 1 aromatic heterocycles. The normalized spacial score (nSPS) is 26.9. The van der Waals surface area contributed by atoms with Crippen LogP contribution in [-0.4, -0.2) is 17.2 Å². The first-order chi connectivity index (χ1) is 9.22. The van der Waals surface area contributed by atoms with Crippen molar-refractivity contribution in [3.05, 3.63) is 29.0 Å². The van der Waals surface area contributed by atoms with Crippen LogP contribution in [0.4, 0.5) is 0 Å². The summed E-state index contributed by atoms with van der Waals surface area (Å²) in [5, 5.41) is 0.655. The number of hydrogen-bond donors (Lipinski definition) is 2. The third kappa shape index (κ3) is 2.63. The zero-order valence-corrected chi connectivity index (χ0v) is 11.7. The lowest BCUT2D eigenvalue weighted by molar-refractivity contribution is -0.147. The predicted octanol–water partition coefficient (Wildman–Crippen LogP) is 2.59. The van der Waals surface area contributed by atoms with E-state index >= 15 is 0 Å². The maximum absolute atomic E-state index is 5.97. The summed E-state index contributed by atoms with van der Waals surface area (Å²) >= 11 is 5.89. The molecular formula is C14H20ClN3O. The van der Waals surface area contributed by atoms with Crippen LogP contribution < -0.4 is 11.3 Å². The van der Waals surface area contributed by atoms with Crippen molar-refractivity contribution in [2.75, 3.05) is 6.61 Å². The van der Waals surface area contributed by atoms with Crippen molar-refractivity contribution in [1.29, 1.82) is 0 Å². The first-order valence-corrected chi connectivity index (χ1v) is 7.32. The van der Waals surface area contributed by atoms with Crippen LogP contribution in [0.2, 0.25) is 5.02 Å². The predicted molar refractivity (Wildman–Crippen MR) is 74.6 cm³/mol. The van der Waals surface area contributed by atoms with Crippen LogP contribution in [0.15, 0.2) is 18.3 Å². The molecule has 0 radical (unpaired) electrons. The first-order valence-electron chi connectivity index (χ1n) is 6.94. The zero-order chi connectivity index (χ0) is 13.3. The van der Waals surface area contributed by atoms with E-state index in [9.17, 15) is 0 Å². The number of rotatable bonds is 3. The van der Waals surface area contributed by atoms with Crippen LogP contribution in [0.25, 0.3) is 0 Å². The van der Waals surface area contributed by atoms with E-state index in [1.807, 2.05) is 12.1 Å². The maximum Gasteiger partial charge on any atom is 0.0686 e. The van der Waals surface area contributed by atoms with Gasteiger partial charge in [0.05, 0.1) is 22.4 Å². The molecule has 2 fully saturated rings. The summed E-state index contributed by atoms with van der Waals surface area (Å²) in [6, 6.07) is 3.90. The molecule has 2 atom stereocenters. The van der Waals surface area contributed by atoms with E-state index in [1.54, 1.807) is 6.20 Å². The number of pyridine rings is 1. The molecule has 2 heterocycles. The van der Waals surface area contributed by atoms with E-state index in [1.165, 1.54) is 19.3 Å². The van der Waals surface area contributed by atoms with Gasteiger partial charge >= 0.3 is 0 Å². The number of halogens is 1. The van der Waals surface area contributed by atoms with Gasteiger partial charge in [-0.2, -0.15) is 0 Å². The van der Waals surface area contributed by atoms with Crippen molar-refractivity contribution in [2.24, 2.45) is 11.8 Å². The molecule has 3 N–H and O–H groups in total. The van der Waals surface area contributed by atoms with Gasteiger partial charge < -0.3 is 4.74 Å². The average molecular weight is 282 g/mol. The summed E-state index contributed by atoms with van der Waals surface area (Å²) in [5.74, 6) is 6.24. The number of hydrogen-bond acceptors (Lipinski definition) is 4. The quantitative estimate of drug-likeness (QED) is 0.660. The van der Waals surface area contributed by atoms with E-state index < -0.39 is 0 Å². The molecule has 1 aliphatic heterocycles. The summed E-state index contributed by atoms with van der Waals surface area (Å²) in [6.45, 7) is 0.830. The molecule has 2 aliphatic rings. The van der Waals surface area contributed by atoms with Gasteiger partial charge in [-0.15, -0.1) is 0 Å². The van der Waals surface area contributed by atoms with E-state index in [0.29, 0.717) is 10.9 Å². The Morgan fingerprint density at radius 2 is 2.32 bits per heavy atom. The van der Waals surface area contributed by atoms with E-state index in [2.05, 4.69) is 10.4 Å². The SMILES string of the molecule is NNC(c1ccc(Cl)cn1)C1CCOC2(CCC2)C1. The Balaban J connectivity index is 1.76. The molecule has 2 unspecified atom stereocenters. The number of ether oxygens (including phenoxy) is 1. The number of nitrogens with two attached hydrogens (primary N) is 1. The van der Waals surface area contributed by atoms with Crippen molar-refractivity contribution in [3.63, 3.8) is 0 Å². The third-order valence-electron chi connectivity index (χ3n) is 4.52. The highest BCUT2D eigenvalue weighted by atomic mass is 35.5. The molecule has 0 aromatic carbocycles. The minimum Gasteiger partial charge on any atom is -0.375 e. The molecule has 19 heavy (non-hydrogen) atoms. The molecule has 0 bridgehead atoms. The van der Waals surface area contributed by atoms with Gasteiger partial charge in [-0.3, -0.25) is 16.3 Å². The van der Waals surface area contributed by atoms with Crippen LogP contribution in [0.5, 0.6) is 0 Å². The van der Waals surface area contributed by atoms with Crippen LogP contribution >= 0.6 is 11.6 Å². The summed E-state index contributed by atoms with van der Waals surface area (Å²) in [4.78, 5) is 4.40. The number of nitrogens with zero attached hydrogens (tertiary/aromatic N) is 1. The molecule has 4 nitrogen and oxygen atoms in total. The van der Waals surface area contributed by atoms with Crippen molar-refractivity contribution in [3.8, 4) is 0 Å². The summed E-state index contributed by atoms with van der Waals surface area (Å²) in [5.41, 5.74) is 4.03. The van der Waals surface area contributed by atoms with Gasteiger partial charge in [-0.05, 0) is 50.2 Å². The van der Waals surface area contributed by atoms with Gasteiger partial charge in [-0.25, -0.2) is 0 Å². The van der Waals surface area contributed by atoms with Crippen molar-refractivity contribution >= 4 is 11.6 Å². The Morgan fingerprint density at radius 1 is 1.47 bits per heavy atom. The highest BCUT2D eigenvalue weighted by Gasteiger charge is 2.44. The Hall–Kier alpha value is -0.680. The molecule has 1 saturated carbocycles. The number of nitrogens with one attached hydrogen (secondary N) is 1. The molecule has 3 rings (SSSR count). The lowest BCUT2D eigenvalue weighted by Crippen LogP contribution is -2.48. The summed E-state index contributed by atoms with van der Waals surface area (Å²) < 4.78 is 5.97. The summed E-state index contributed by atoms with van der Waals surface area (Å²) in [7, 11) is 0. The van der Waals surface area contributed by atoms with Crippen LogP contribution in [0, 0.1) is 5.92 Å². The molecule has 1 aromatic rings. The van der Waals surface area contributed by atoms with Gasteiger partial charge in [0.2, 0.25) is 0 Å². The molecule has 5 heteroatoms. The summed E-state index contributed by atoms with van der Waals surface area (Å²) in [6.07, 6.45) is 7.45. The van der Waals surface area contributed by atoms with Gasteiger partial charge in [0.15, 0.2) is 0 Å². The van der Waals surface area contributed by atoms with Crippen LogP contribution in [0.1, 0.15) is 43.8 Å². The minimum absolute atomic E-state index is 0.0821. The second-order valence-electron chi connectivity index (χ2n) is 5.68. The monoisotopic (exact) mass is 281 g/mol. The topological polar surface area (TPSA) is 60.2 Å². The molecule has 1 saturated heterocycles. The van der Waals surface area contributed by atoms with Crippen LogP contribution in [0.3, 0.4) is 0 Å². The van der Waals surface area contributed by atoms with Crippen molar-refractivity contribution in [1.82, 2.24) is 10.4 Å². The van der Waals surface area contributed by atoms with E-state index in [4.69, 9.17) is 22.2 Å². The Morgan fingerprint density at radius 3 is 2.89 bits per heavy atom. The van der Waals surface area contributed by atoms with Gasteiger partial charge in [0.1, 0.15) is 0 Å². The van der Waals surface area contributed by atoms with Crippen LogP contribution in [-0.2, 0) is 4.74 Å². The minimum atomic E-state index is 0.0821. The Kier molecular flexibility index (Phi) is 3.76. The standard InChI is InChI=1S/C14H20ClN3O/c15-11-2-3-12(17-9-11)13(18-16)10-4-7-19-14(8-10)5-1-6-14/h2-3,9-10,13,18H,1,4-8,16H2. The van der Waals surface area contributed by atoms with Gasteiger partial charge in [0.25, 0.3) is 0 Å². The smallest absolute Gasteiger partial charge is 0.0686 e. The number of aromatic nitrogens is 1. The highest BCUT2D eigenvalue weighted by molar-refractivity contribution is 6.30. The lowest BCUT2D eigenvalue weighted by atomic mass is 9.70. The third-order valence-corrected chi connectivity index (χ3v) is 4.74. The van der Waals surface area contributed by atoms with Crippen molar-refractivity contribution in [2.45, 2.75) is 43.7 Å². The van der Waals surface area contributed by atoms with Gasteiger partial charge in [0, 0.05) is 12.8 Å². The first kappa shape index (κ1) is 13.3. The highest BCUT2D eigenvalue weighted by Crippen LogP contribution is 2.46. The van der Waals surface area contributed by atoms with Crippen molar-refractivity contribution < 1.29 is 4.74 Å². The lowest BCUT2D eigenvalue weighted by Gasteiger charge is -2.48. The average Bonchev–Trinajstić information content (AvgIpc) is 2.40. The Labute approximate surface area is 118 Å². The molecule has 104 valence electrons. The molecule has 0 amide bonds. The second-order valence-corrected chi connectivity index (χ2v) is 6.12. The van der Waals surface area contributed by atoms with E-state index in [-0.39, 0.29) is 11.6 Å². The Bertz CT molecular complexity index is 433. The van der Waals surface area contributed by atoms with E-state index in [0.717, 1.165) is 25.1 Å². The number of hydrazine groups is 1. The maximum atomic E-state index is 5.97. The zero-order valence-electron chi connectivity index (χ0n) is 10.9. The van der Waals surface area contributed by atoms with Gasteiger partial charge in [-0.1, -0.05) is 11.6 Å². The molecule has 1 spiro atoms. The fourth-order valence-electron chi connectivity index (χ4n) is 3.30.